The molecule has 1 N–H and O–H groups in total. The summed E-state index contributed by atoms with van der Waals surface area (Å²) < 4.78 is 1.48. The van der Waals surface area contributed by atoms with E-state index in [-0.39, 0.29) is 15.7 Å². The summed E-state index contributed by atoms with van der Waals surface area (Å²) in [5, 5.41) is 17.9. The van der Waals surface area contributed by atoms with E-state index in [1.54, 1.807) is 43.3 Å². The lowest BCUT2D eigenvalue weighted by Gasteiger charge is -2.07. The zero-order valence-electron chi connectivity index (χ0n) is 14.9. The van der Waals surface area contributed by atoms with Gasteiger partial charge in [0.15, 0.2) is 0 Å². The fourth-order valence-electron chi connectivity index (χ4n) is 2.53. The van der Waals surface area contributed by atoms with Gasteiger partial charge in [0.1, 0.15) is 16.8 Å². The van der Waals surface area contributed by atoms with Crippen molar-refractivity contribution in [1.29, 1.82) is 5.26 Å². The van der Waals surface area contributed by atoms with E-state index >= 15 is 0 Å². The zero-order chi connectivity index (χ0) is 21.1. The van der Waals surface area contributed by atoms with Crippen LogP contribution in [0.5, 0.6) is 0 Å². The minimum atomic E-state index is -0.636. The van der Waals surface area contributed by atoms with Gasteiger partial charge in [0.2, 0.25) is 0 Å². The first kappa shape index (κ1) is 21.2. The number of nitriles is 1. The van der Waals surface area contributed by atoms with Crippen LogP contribution in [0.15, 0.2) is 48.0 Å². The number of amides is 1. The number of benzene rings is 2. The van der Waals surface area contributed by atoms with Crippen molar-refractivity contribution in [3.8, 4) is 11.8 Å². The second-order valence-corrected chi connectivity index (χ2v) is 7.57. The number of hydrogen-bond acceptors (Lipinski definition) is 3. The SMILES string of the molecule is Cc1nn(-c2cccc(Cl)c2)c(Cl)c1C=C(C#N)C(=O)Nc1ccc(Cl)cc1Cl. The minimum absolute atomic E-state index is 0.160. The number of aryl methyl sites for hydroxylation is 1. The predicted octanol–water partition coefficient (Wildman–Crippen LogP) is 6.34. The summed E-state index contributed by atoms with van der Waals surface area (Å²) in [7, 11) is 0. The van der Waals surface area contributed by atoms with Crippen LogP contribution < -0.4 is 5.32 Å². The molecule has 0 fully saturated rings. The molecule has 29 heavy (non-hydrogen) atoms. The molecule has 3 rings (SSSR count). The summed E-state index contributed by atoms with van der Waals surface area (Å²) in [4.78, 5) is 12.5. The van der Waals surface area contributed by atoms with Crippen LogP contribution in [0.1, 0.15) is 11.3 Å². The van der Waals surface area contributed by atoms with Gasteiger partial charge in [-0.15, -0.1) is 0 Å². The number of rotatable bonds is 4. The number of anilines is 1. The second-order valence-electron chi connectivity index (χ2n) is 5.93. The third-order valence-corrected chi connectivity index (χ3v) is 5.08. The van der Waals surface area contributed by atoms with Crippen molar-refractivity contribution in [3.05, 3.63) is 79.5 Å². The largest absolute Gasteiger partial charge is 0.320 e. The number of nitrogens with zero attached hydrogens (tertiary/aromatic N) is 3. The van der Waals surface area contributed by atoms with E-state index in [9.17, 15) is 10.1 Å². The van der Waals surface area contributed by atoms with Gasteiger partial charge in [0, 0.05) is 15.6 Å². The number of nitrogens with one attached hydrogen (secondary N) is 1. The van der Waals surface area contributed by atoms with E-state index in [1.165, 1.54) is 16.8 Å². The number of hydrogen-bond donors (Lipinski definition) is 1. The predicted molar refractivity (Wildman–Crippen MR) is 117 cm³/mol. The molecule has 1 amide bonds. The lowest BCUT2D eigenvalue weighted by Crippen LogP contribution is -2.13. The van der Waals surface area contributed by atoms with Crippen LogP contribution in [0.25, 0.3) is 11.8 Å². The van der Waals surface area contributed by atoms with E-state index in [2.05, 4.69) is 10.4 Å². The molecule has 0 spiro atoms. The maximum absolute atomic E-state index is 12.5. The lowest BCUT2D eigenvalue weighted by molar-refractivity contribution is -0.112. The molecule has 0 saturated heterocycles. The van der Waals surface area contributed by atoms with Crippen LogP contribution in [-0.4, -0.2) is 15.7 Å². The first-order valence-electron chi connectivity index (χ1n) is 8.19. The van der Waals surface area contributed by atoms with Crippen LogP contribution in [0.3, 0.4) is 0 Å². The van der Waals surface area contributed by atoms with Gasteiger partial charge in [-0.25, -0.2) is 4.68 Å². The molecule has 9 heteroatoms. The van der Waals surface area contributed by atoms with Gasteiger partial charge in [0.05, 0.1) is 22.1 Å². The van der Waals surface area contributed by atoms with Gasteiger partial charge in [-0.3, -0.25) is 4.79 Å². The van der Waals surface area contributed by atoms with Gasteiger partial charge >= 0.3 is 0 Å². The molecule has 0 bridgehead atoms. The first-order chi connectivity index (χ1) is 13.8. The first-order valence-corrected chi connectivity index (χ1v) is 9.70. The quantitative estimate of drug-likeness (QED) is 0.361. The molecule has 3 aromatic rings. The molecule has 146 valence electrons. The fourth-order valence-corrected chi connectivity index (χ4v) is 3.49. The average molecular weight is 466 g/mol. The number of aromatic nitrogens is 2. The van der Waals surface area contributed by atoms with Gasteiger partial charge in [-0.05, 0) is 49.4 Å². The van der Waals surface area contributed by atoms with E-state index in [1.807, 2.05) is 6.07 Å². The Balaban J connectivity index is 1.95. The van der Waals surface area contributed by atoms with Crippen molar-refractivity contribution in [2.75, 3.05) is 5.32 Å². The molecule has 0 saturated carbocycles. The number of halogens is 4. The molecule has 0 aliphatic rings. The van der Waals surface area contributed by atoms with Crippen molar-refractivity contribution in [3.63, 3.8) is 0 Å². The summed E-state index contributed by atoms with van der Waals surface area (Å²) in [5.74, 6) is -0.636. The molecule has 1 heterocycles. The topological polar surface area (TPSA) is 70.7 Å². The highest BCUT2D eigenvalue weighted by molar-refractivity contribution is 6.37. The Labute approximate surface area is 187 Å². The highest BCUT2D eigenvalue weighted by Crippen LogP contribution is 2.28. The third-order valence-electron chi connectivity index (χ3n) is 3.93. The molecular formula is C20H12Cl4N4O. The Kier molecular flexibility index (Phi) is 6.51. The highest BCUT2D eigenvalue weighted by Gasteiger charge is 2.17. The highest BCUT2D eigenvalue weighted by atomic mass is 35.5. The summed E-state index contributed by atoms with van der Waals surface area (Å²) in [5.41, 5.74) is 1.81. The fraction of sp³-hybridized carbons (Fsp3) is 0.0500. The average Bonchev–Trinajstić information content (AvgIpc) is 2.96. The van der Waals surface area contributed by atoms with E-state index in [0.717, 1.165) is 0 Å². The molecule has 0 unspecified atom stereocenters. The smallest absolute Gasteiger partial charge is 0.266 e. The number of carbonyl (C=O) groups excluding carboxylic acids is 1. The molecular weight excluding hydrogens is 454 g/mol. The van der Waals surface area contributed by atoms with Gasteiger partial charge in [-0.1, -0.05) is 52.5 Å². The molecule has 0 atom stereocenters. The van der Waals surface area contributed by atoms with Crippen LogP contribution in [0.2, 0.25) is 20.2 Å². The van der Waals surface area contributed by atoms with E-state index in [4.69, 9.17) is 46.4 Å². The Bertz CT molecular complexity index is 1180. The van der Waals surface area contributed by atoms with Crippen molar-refractivity contribution in [1.82, 2.24) is 9.78 Å². The molecule has 0 aliphatic carbocycles. The standard InChI is InChI=1S/C20H12Cl4N4O/c1-11-16(19(24)28(27-11)15-4-2-3-13(21)8-15)7-12(10-25)20(29)26-18-6-5-14(22)9-17(18)23/h2-9H,1H3,(H,26,29). The van der Waals surface area contributed by atoms with Gasteiger partial charge < -0.3 is 5.32 Å². The molecule has 0 radical (unpaired) electrons. The molecule has 2 aromatic carbocycles. The van der Waals surface area contributed by atoms with Crippen LogP contribution >= 0.6 is 46.4 Å². The van der Waals surface area contributed by atoms with Crippen molar-refractivity contribution in [2.45, 2.75) is 6.92 Å². The lowest BCUT2D eigenvalue weighted by atomic mass is 10.1. The Morgan fingerprint density at radius 3 is 2.52 bits per heavy atom. The Hall–Kier alpha value is -2.49. The summed E-state index contributed by atoms with van der Waals surface area (Å²) in [6, 6.07) is 13.5. The van der Waals surface area contributed by atoms with Crippen LogP contribution in [0.4, 0.5) is 5.69 Å². The summed E-state index contributed by atoms with van der Waals surface area (Å²) in [6.07, 6.45) is 1.38. The monoisotopic (exact) mass is 464 g/mol. The van der Waals surface area contributed by atoms with Crippen LogP contribution in [-0.2, 0) is 4.79 Å². The second kappa shape index (κ2) is 8.89. The minimum Gasteiger partial charge on any atom is -0.320 e. The molecule has 1 aromatic heterocycles. The van der Waals surface area contributed by atoms with Crippen LogP contribution in [0, 0.1) is 18.3 Å². The summed E-state index contributed by atoms with van der Waals surface area (Å²) in [6.45, 7) is 1.72. The van der Waals surface area contributed by atoms with E-state index < -0.39 is 5.91 Å². The van der Waals surface area contributed by atoms with Gasteiger partial charge in [-0.2, -0.15) is 10.4 Å². The molecule has 5 nitrogen and oxygen atoms in total. The van der Waals surface area contributed by atoms with Crippen molar-refractivity contribution in [2.24, 2.45) is 0 Å². The molecule has 0 aliphatic heterocycles. The number of carbonyl (C=O) groups is 1. The van der Waals surface area contributed by atoms with Crippen molar-refractivity contribution < 1.29 is 4.79 Å². The third kappa shape index (κ3) is 4.75. The normalized spacial score (nSPS) is 11.2. The zero-order valence-corrected chi connectivity index (χ0v) is 17.9. The van der Waals surface area contributed by atoms with Crippen molar-refractivity contribution >= 4 is 64.1 Å². The Morgan fingerprint density at radius 1 is 1.14 bits per heavy atom. The van der Waals surface area contributed by atoms with E-state index in [0.29, 0.717) is 32.7 Å². The Morgan fingerprint density at radius 2 is 1.86 bits per heavy atom. The maximum Gasteiger partial charge on any atom is 0.266 e. The summed E-state index contributed by atoms with van der Waals surface area (Å²) >= 11 is 24.4. The maximum atomic E-state index is 12.5. The van der Waals surface area contributed by atoms with Gasteiger partial charge in [0.25, 0.3) is 5.91 Å².